The third-order valence-electron chi connectivity index (χ3n) is 3.11. The number of methoxy groups -OCH3 is 1. The Morgan fingerprint density at radius 1 is 1.14 bits per heavy atom. The first kappa shape index (κ1) is 15.8. The van der Waals surface area contributed by atoms with E-state index < -0.39 is 0 Å². The maximum atomic E-state index is 11.6. The number of aromatic nitrogens is 1. The molecule has 0 radical (unpaired) electrons. The number of allylic oxidation sites excluding steroid dienone is 1. The molecule has 0 fully saturated rings. The summed E-state index contributed by atoms with van der Waals surface area (Å²) in [7, 11) is 1.60. The number of rotatable bonds is 6. The Morgan fingerprint density at radius 2 is 1.86 bits per heavy atom. The van der Waals surface area contributed by atoms with Gasteiger partial charge in [-0.15, -0.1) is 0 Å². The minimum atomic E-state index is -0.0133. The van der Waals surface area contributed by atoms with Crippen molar-refractivity contribution in [3.05, 3.63) is 59.9 Å². The monoisotopic (exact) mass is 297 g/mol. The van der Waals surface area contributed by atoms with Crippen LogP contribution in [0.4, 0.5) is 0 Å². The van der Waals surface area contributed by atoms with Crippen molar-refractivity contribution in [1.29, 1.82) is 0 Å². The molecule has 0 N–H and O–H groups in total. The van der Waals surface area contributed by atoms with Gasteiger partial charge in [0.2, 0.25) is 0 Å². The lowest BCUT2D eigenvalue weighted by atomic mass is 9.97. The zero-order chi connectivity index (χ0) is 15.9. The van der Waals surface area contributed by atoms with Gasteiger partial charge in [0.05, 0.1) is 13.7 Å². The second kappa shape index (κ2) is 7.41. The van der Waals surface area contributed by atoms with E-state index in [-0.39, 0.29) is 5.78 Å². The van der Waals surface area contributed by atoms with Crippen LogP contribution in [0, 0.1) is 0 Å². The zero-order valence-corrected chi connectivity index (χ0v) is 13.0. The van der Waals surface area contributed by atoms with E-state index in [0.29, 0.717) is 18.1 Å². The van der Waals surface area contributed by atoms with Crippen LogP contribution in [0.25, 0.3) is 5.57 Å². The van der Waals surface area contributed by atoms with E-state index in [9.17, 15) is 4.79 Å². The minimum absolute atomic E-state index is 0.0133. The van der Waals surface area contributed by atoms with Crippen LogP contribution in [-0.2, 0) is 4.79 Å². The van der Waals surface area contributed by atoms with Crippen LogP contribution in [0.3, 0.4) is 0 Å². The smallest absolute Gasteiger partial charge is 0.161 e. The van der Waals surface area contributed by atoms with Crippen LogP contribution in [0.5, 0.6) is 11.5 Å². The molecule has 0 aliphatic heterocycles. The van der Waals surface area contributed by atoms with Gasteiger partial charge >= 0.3 is 0 Å². The lowest BCUT2D eigenvalue weighted by molar-refractivity contribution is -0.112. The molecule has 114 valence electrons. The molecule has 0 amide bonds. The van der Waals surface area contributed by atoms with Gasteiger partial charge < -0.3 is 9.47 Å². The molecule has 1 aromatic carbocycles. The van der Waals surface area contributed by atoms with Crippen LogP contribution in [-0.4, -0.2) is 24.5 Å². The highest BCUT2D eigenvalue weighted by atomic mass is 16.5. The fourth-order valence-electron chi connectivity index (χ4n) is 2.18. The molecule has 0 aliphatic carbocycles. The van der Waals surface area contributed by atoms with E-state index in [1.165, 1.54) is 6.92 Å². The molecule has 0 aliphatic rings. The van der Waals surface area contributed by atoms with Crippen LogP contribution in [0.2, 0.25) is 0 Å². The highest BCUT2D eigenvalue weighted by molar-refractivity contribution is 5.99. The number of ketones is 1. The maximum Gasteiger partial charge on any atom is 0.161 e. The number of ether oxygens (including phenoxy) is 2. The van der Waals surface area contributed by atoms with Crippen LogP contribution < -0.4 is 9.47 Å². The fraction of sp³-hybridized carbons (Fsp3) is 0.222. The van der Waals surface area contributed by atoms with Gasteiger partial charge in [-0.1, -0.05) is 6.07 Å². The van der Waals surface area contributed by atoms with Crippen molar-refractivity contribution in [3.8, 4) is 11.5 Å². The van der Waals surface area contributed by atoms with Gasteiger partial charge in [0.1, 0.15) is 0 Å². The summed E-state index contributed by atoms with van der Waals surface area (Å²) in [5, 5.41) is 0. The van der Waals surface area contributed by atoms with E-state index in [1.54, 1.807) is 25.6 Å². The van der Waals surface area contributed by atoms with E-state index in [1.807, 2.05) is 37.3 Å². The van der Waals surface area contributed by atoms with E-state index >= 15 is 0 Å². The fourth-order valence-corrected chi connectivity index (χ4v) is 2.18. The van der Waals surface area contributed by atoms with Crippen molar-refractivity contribution >= 4 is 11.4 Å². The van der Waals surface area contributed by atoms with Crippen LogP contribution >= 0.6 is 0 Å². The first-order valence-electron chi connectivity index (χ1n) is 7.09. The van der Waals surface area contributed by atoms with Crippen LogP contribution in [0.15, 0.2) is 48.8 Å². The molecule has 2 rings (SSSR count). The normalized spacial score (nSPS) is 11.1. The largest absolute Gasteiger partial charge is 0.493 e. The Bertz CT molecular complexity index is 678. The molecular formula is C18H19NO3. The van der Waals surface area contributed by atoms with Gasteiger partial charge in [-0.2, -0.15) is 0 Å². The van der Waals surface area contributed by atoms with Crippen molar-refractivity contribution in [1.82, 2.24) is 4.98 Å². The van der Waals surface area contributed by atoms with Gasteiger partial charge in [-0.25, -0.2) is 0 Å². The summed E-state index contributed by atoms with van der Waals surface area (Å²) >= 11 is 0. The van der Waals surface area contributed by atoms with Gasteiger partial charge in [-0.05, 0) is 60.9 Å². The van der Waals surface area contributed by atoms with Crippen molar-refractivity contribution < 1.29 is 14.3 Å². The van der Waals surface area contributed by atoms with Crippen LogP contribution in [0.1, 0.15) is 25.0 Å². The Kier molecular flexibility index (Phi) is 5.31. The minimum Gasteiger partial charge on any atom is -0.493 e. The highest BCUT2D eigenvalue weighted by Gasteiger charge is 2.11. The standard InChI is InChI=1S/C18H19NO3/c1-4-22-18-12-15(5-6-17(18)21-3)16(11-13(2)20)14-7-9-19-10-8-14/h5-12H,4H2,1-3H3. The Hall–Kier alpha value is -2.62. The number of hydrogen-bond donors (Lipinski definition) is 0. The number of benzene rings is 1. The van der Waals surface area contributed by atoms with Crippen molar-refractivity contribution in [3.63, 3.8) is 0 Å². The molecule has 1 aromatic heterocycles. The van der Waals surface area contributed by atoms with Crippen molar-refractivity contribution in [2.24, 2.45) is 0 Å². The summed E-state index contributed by atoms with van der Waals surface area (Å²) in [4.78, 5) is 15.6. The first-order valence-corrected chi connectivity index (χ1v) is 7.09. The number of carbonyl (C=O) groups is 1. The number of carbonyl (C=O) groups excluding carboxylic acids is 1. The van der Waals surface area contributed by atoms with Gasteiger partial charge in [-0.3, -0.25) is 9.78 Å². The van der Waals surface area contributed by atoms with Gasteiger partial charge in [0, 0.05) is 12.4 Å². The number of nitrogens with zero attached hydrogens (tertiary/aromatic N) is 1. The molecule has 0 saturated carbocycles. The summed E-state index contributed by atoms with van der Waals surface area (Å²) in [5.74, 6) is 1.31. The first-order chi connectivity index (χ1) is 10.7. The van der Waals surface area contributed by atoms with Gasteiger partial charge in [0.15, 0.2) is 17.3 Å². The van der Waals surface area contributed by atoms with E-state index in [0.717, 1.165) is 16.7 Å². The summed E-state index contributed by atoms with van der Waals surface area (Å²) < 4.78 is 10.9. The highest BCUT2D eigenvalue weighted by Crippen LogP contribution is 2.33. The molecule has 0 unspecified atom stereocenters. The third-order valence-corrected chi connectivity index (χ3v) is 3.11. The number of hydrogen-bond acceptors (Lipinski definition) is 4. The quantitative estimate of drug-likeness (QED) is 0.766. The SMILES string of the molecule is CCOc1cc(C(=CC(C)=O)c2ccncc2)ccc1OC. The molecular weight excluding hydrogens is 278 g/mol. The lowest BCUT2D eigenvalue weighted by Gasteiger charge is -2.13. The predicted molar refractivity (Wildman–Crippen MR) is 86.2 cm³/mol. The van der Waals surface area contributed by atoms with Crippen molar-refractivity contribution in [2.45, 2.75) is 13.8 Å². The van der Waals surface area contributed by atoms with E-state index in [2.05, 4.69) is 4.98 Å². The topological polar surface area (TPSA) is 48.4 Å². The Labute approximate surface area is 130 Å². The predicted octanol–water partition coefficient (Wildman–Crippen LogP) is 3.51. The molecule has 0 bridgehead atoms. The van der Waals surface area contributed by atoms with E-state index in [4.69, 9.17) is 9.47 Å². The Balaban J connectivity index is 2.53. The third kappa shape index (κ3) is 3.73. The maximum absolute atomic E-state index is 11.6. The zero-order valence-electron chi connectivity index (χ0n) is 13.0. The second-order valence-electron chi connectivity index (χ2n) is 4.70. The Morgan fingerprint density at radius 3 is 2.45 bits per heavy atom. The molecule has 22 heavy (non-hydrogen) atoms. The average molecular weight is 297 g/mol. The molecule has 2 aromatic rings. The number of pyridine rings is 1. The molecule has 0 spiro atoms. The molecule has 4 nitrogen and oxygen atoms in total. The van der Waals surface area contributed by atoms with Gasteiger partial charge in [0.25, 0.3) is 0 Å². The molecule has 0 atom stereocenters. The summed E-state index contributed by atoms with van der Waals surface area (Å²) in [5.41, 5.74) is 2.65. The van der Waals surface area contributed by atoms with Crippen molar-refractivity contribution in [2.75, 3.05) is 13.7 Å². The average Bonchev–Trinajstić information content (AvgIpc) is 2.53. The summed E-state index contributed by atoms with van der Waals surface area (Å²) in [6, 6.07) is 9.39. The second-order valence-corrected chi connectivity index (χ2v) is 4.70. The molecule has 1 heterocycles. The summed E-state index contributed by atoms with van der Waals surface area (Å²) in [6.07, 6.45) is 5.03. The summed E-state index contributed by atoms with van der Waals surface area (Å²) in [6.45, 7) is 4.00. The molecule has 0 saturated heterocycles. The lowest BCUT2D eigenvalue weighted by Crippen LogP contribution is -1.98. The molecule has 4 heteroatoms.